The minimum Gasteiger partial charge on any atom is -0.497 e. The molecule has 9 heteroatoms. The molecule has 0 radical (unpaired) electrons. The lowest BCUT2D eigenvalue weighted by Crippen LogP contribution is -2.40. The molecule has 1 saturated heterocycles. The molecule has 0 saturated carbocycles. The van der Waals surface area contributed by atoms with E-state index in [2.05, 4.69) is 5.32 Å². The van der Waals surface area contributed by atoms with E-state index in [0.29, 0.717) is 43.5 Å². The Bertz CT molecular complexity index is 971. The third-order valence-corrected chi connectivity index (χ3v) is 6.45. The number of morpholine rings is 1. The molecule has 156 valence electrons. The van der Waals surface area contributed by atoms with Gasteiger partial charge in [0.25, 0.3) is 0 Å². The monoisotopic (exact) mass is 420 g/mol. The van der Waals surface area contributed by atoms with E-state index >= 15 is 0 Å². The van der Waals surface area contributed by atoms with Gasteiger partial charge in [-0.1, -0.05) is 12.1 Å². The lowest BCUT2D eigenvalue weighted by Gasteiger charge is -2.26. The van der Waals surface area contributed by atoms with E-state index in [1.165, 1.54) is 29.6 Å². The summed E-state index contributed by atoms with van der Waals surface area (Å²) in [5, 5.41) is 2.75. The summed E-state index contributed by atoms with van der Waals surface area (Å²) in [5.41, 5.74) is 1.08. The van der Waals surface area contributed by atoms with E-state index in [9.17, 15) is 13.2 Å². The van der Waals surface area contributed by atoms with Crippen molar-refractivity contribution in [2.45, 2.75) is 11.3 Å². The summed E-state index contributed by atoms with van der Waals surface area (Å²) in [7, 11) is -0.662. The molecule has 1 heterocycles. The van der Waals surface area contributed by atoms with Gasteiger partial charge in [-0.2, -0.15) is 4.31 Å². The quantitative estimate of drug-likeness (QED) is 0.735. The van der Waals surface area contributed by atoms with Crippen LogP contribution in [0.2, 0.25) is 0 Å². The SMILES string of the molecule is COc1cccc(CC(=O)Nc2cc(S(=O)(=O)N3CCOCC3)ccc2OC)c1. The van der Waals surface area contributed by atoms with Gasteiger partial charge in [0.15, 0.2) is 0 Å². The Morgan fingerprint density at radius 2 is 1.86 bits per heavy atom. The largest absolute Gasteiger partial charge is 0.497 e. The van der Waals surface area contributed by atoms with Crippen molar-refractivity contribution in [2.24, 2.45) is 0 Å². The molecule has 0 aromatic heterocycles. The maximum absolute atomic E-state index is 12.9. The molecule has 1 aliphatic heterocycles. The van der Waals surface area contributed by atoms with Crippen LogP contribution in [0.3, 0.4) is 0 Å². The van der Waals surface area contributed by atoms with Gasteiger partial charge in [-0.25, -0.2) is 8.42 Å². The maximum atomic E-state index is 12.9. The number of hydrogen-bond acceptors (Lipinski definition) is 6. The highest BCUT2D eigenvalue weighted by atomic mass is 32.2. The zero-order valence-corrected chi connectivity index (χ0v) is 17.2. The molecule has 3 rings (SSSR count). The molecular formula is C20H24N2O6S. The molecule has 1 N–H and O–H groups in total. The van der Waals surface area contributed by atoms with Crippen LogP contribution in [0.1, 0.15) is 5.56 Å². The summed E-state index contributed by atoms with van der Waals surface area (Å²) < 4.78 is 42.8. The first kappa shape index (κ1) is 21.1. The van der Waals surface area contributed by atoms with Crippen molar-refractivity contribution in [3.63, 3.8) is 0 Å². The van der Waals surface area contributed by atoms with Crippen molar-refractivity contribution >= 4 is 21.6 Å². The smallest absolute Gasteiger partial charge is 0.243 e. The van der Waals surface area contributed by atoms with Gasteiger partial charge in [0.1, 0.15) is 11.5 Å². The molecule has 1 aliphatic rings. The van der Waals surface area contributed by atoms with E-state index < -0.39 is 10.0 Å². The third kappa shape index (κ3) is 5.06. The minimum atomic E-state index is -3.68. The molecule has 0 bridgehead atoms. The van der Waals surface area contributed by atoms with Crippen molar-refractivity contribution in [3.8, 4) is 11.5 Å². The summed E-state index contributed by atoms with van der Waals surface area (Å²) >= 11 is 0. The minimum absolute atomic E-state index is 0.0943. The molecule has 0 atom stereocenters. The Morgan fingerprint density at radius 3 is 2.55 bits per heavy atom. The fourth-order valence-electron chi connectivity index (χ4n) is 3.04. The van der Waals surface area contributed by atoms with Gasteiger partial charge in [-0.3, -0.25) is 4.79 Å². The van der Waals surface area contributed by atoms with Gasteiger partial charge >= 0.3 is 0 Å². The summed E-state index contributed by atoms with van der Waals surface area (Å²) in [4.78, 5) is 12.6. The molecule has 0 unspecified atom stereocenters. The van der Waals surface area contributed by atoms with Gasteiger partial charge in [0.05, 0.1) is 44.4 Å². The molecule has 2 aromatic carbocycles. The van der Waals surface area contributed by atoms with Crippen LogP contribution in [0.5, 0.6) is 11.5 Å². The molecule has 8 nitrogen and oxygen atoms in total. The first-order chi connectivity index (χ1) is 13.9. The third-order valence-electron chi connectivity index (χ3n) is 4.55. The average molecular weight is 420 g/mol. The molecule has 2 aromatic rings. The Hall–Kier alpha value is -2.62. The van der Waals surface area contributed by atoms with Gasteiger partial charge in [-0.05, 0) is 35.9 Å². The molecule has 0 aliphatic carbocycles. The molecular weight excluding hydrogens is 396 g/mol. The topological polar surface area (TPSA) is 94.2 Å². The van der Waals surface area contributed by atoms with Crippen molar-refractivity contribution in [3.05, 3.63) is 48.0 Å². The second-order valence-corrected chi connectivity index (χ2v) is 8.39. The number of anilines is 1. The molecule has 1 fully saturated rings. The summed E-state index contributed by atoms with van der Waals surface area (Å²) in [6.07, 6.45) is 0.112. The molecule has 1 amide bonds. The van der Waals surface area contributed by atoms with Crippen LogP contribution in [0, 0.1) is 0 Å². The number of rotatable bonds is 7. The predicted octanol–water partition coefficient (Wildman–Crippen LogP) is 1.91. The average Bonchev–Trinajstić information content (AvgIpc) is 2.74. The number of methoxy groups -OCH3 is 2. The second-order valence-electron chi connectivity index (χ2n) is 6.46. The van der Waals surface area contributed by atoms with Crippen LogP contribution in [-0.2, 0) is 26.0 Å². The maximum Gasteiger partial charge on any atom is 0.243 e. The zero-order valence-electron chi connectivity index (χ0n) is 16.4. The highest BCUT2D eigenvalue weighted by Gasteiger charge is 2.27. The van der Waals surface area contributed by atoms with E-state index in [0.717, 1.165) is 5.56 Å². The first-order valence-corrected chi connectivity index (χ1v) is 10.6. The van der Waals surface area contributed by atoms with Crippen molar-refractivity contribution in [2.75, 3.05) is 45.8 Å². The number of carbonyl (C=O) groups is 1. The van der Waals surface area contributed by atoms with E-state index in [4.69, 9.17) is 14.2 Å². The highest BCUT2D eigenvalue weighted by molar-refractivity contribution is 7.89. The van der Waals surface area contributed by atoms with Gasteiger partial charge in [0.2, 0.25) is 15.9 Å². The lowest BCUT2D eigenvalue weighted by atomic mass is 10.1. The Balaban J connectivity index is 1.80. The van der Waals surface area contributed by atoms with Gasteiger partial charge < -0.3 is 19.5 Å². The number of amides is 1. The van der Waals surface area contributed by atoms with Crippen molar-refractivity contribution < 1.29 is 27.4 Å². The normalized spacial score (nSPS) is 15.0. The second kappa shape index (κ2) is 9.25. The Morgan fingerprint density at radius 1 is 1.10 bits per heavy atom. The fraction of sp³-hybridized carbons (Fsp3) is 0.350. The van der Waals surface area contributed by atoms with Crippen LogP contribution < -0.4 is 14.8 Å². The van der Waals surface area contributed by atoms with Gasteiger partial charge in [0, 0.05) is 13.1 Å². The summed E-state index contributed by atoms with van der Waals surface area (Å²) in [6, 6.07) is 11.6. The van der Waals surface area contributed by atoms with Crippen LogP contribution in [0.25, 0.3) is 0 Å². The van der Waals surface area contributed by atoms with Crippen molar-refractivity contribution in [1.82, 2.24) is 4.31 Å². The fourth-order valence-corrected chi connectivity index (χ4v) is 4.48. The van der Waals surface area contributed by atoms with Crippen LogP contribution in [0.4, 0.5) is 5.69 Å². The number of nitrogens with zero attached hydrogens (tertiary/aromatic N) is 1. The number of nitrogens with one attached hydrogen (secondary N) is 1. The van der Waals surface area contributed by atoms with E-state index in [-0.39, 0.29) is 17.2 Å². The number of ether oxygens (including phenoxy) is 3. The highest BCUT2D eigenvalue weighted by Crippen LogP contribution is 2.29. The Labute approximate surface area is 170 Å². The van der Waals surface area contributed by atoms with Crippen LogP contribution >= 0.6 is 0 Å². The van der Waals surface area contributed by atoms with Crippen LogP contribution in [-0.4, -0.2) is 59.2 Å². The van der Waals surface area contributed by atoms with E-state index in [1.54, 1.807) is 25.3 Å². The standard InChI is InChI=1S/C20H24N2O6S/c1-26-16-5-3-4-15(12-16)13-20(23)21-18-14-17(6-7-19(18)27-2)29(24,25)22-8-10-28-11-9-22/h3-7,12,14H,8-11,13H2,1-2H3,(H,21,23). The molecule has 0 spiro atoms. The summed E-state index contributed by atoms with van der Waals surface area (Å²) in [6.45, 7) is 1.32. The summed E-state index contributed by atoms with van der Waals surface area (Å²) in [5.74, 6) is 0.744. The first-order valence-electron chi connectivity index (χ1n) is 9.13. The Kier molecular flexibility index (Phi) is 6.73. The van der Waals surface area contributed by atoms with Gasteiger partial charge in [-0.15, -0.1) is 0 Å². The number of carbonyl (C=O) groups excluding carboxylic acids is 1. The van der Waals surface area contributed by atoms with E-state index in [1.807, 2.05) is 6.07 Å². The van der Waals surface area contributed by atoms with Crippen molar-refractivity contribution in [1.29, 1.82) is 0 Å². The number of hydrogen-bond donors (Lipinski definition) is 1. The zero-order chi connectivity index (χ0) is 20.9. The molecule has 29 heavy (non-hydrogen) atoms. The lowest BCUT2D eigenvalue weighted by molar-refractivity contribution is -0.115. The van der Waals surface area contributed by atoms with Crippen LogP contribution in [0.15, 0.2) is 47.4 Å². The predicted molar refractivity (Wildman–Crippen MR) is 108 cm³/mol. The number of benzene rings is 2. The number of sulfonamides is 1.